The highest BCUT2D eigenvalue weighted by atomic mass is 16.5. The Balaban J connectivity index is 1.69. The van der Waals surface area contributed by atoms with Crippen LogP contribution in [-0.4, -0.2) is 40.6 Å². The predicted octanol–water partition coefficient (Wildman–Crippen LogP) is 6.72. The maximum Gasteiger partial charge on any atom is 0.119 e. The Labute approximate surface area is 219 Å². The normalized spacial score (nSPS) is 13.2. The standard InChI is InChI=1S/C33H34O4/c1-23-5-15-29-30-16-6-24(2)22-32(30)33(31(29)21-23,25-7-11-27(12-8-25)36-19-17-34-3)26-9-13-28(14-10-26)37-20-18-35-4/h5-16,21-22H,17-20H2,1-4H3. The number of hydrogen-bond acceptors (Lipinski definition) is 4. The van der Waals surface area contributed by atoms with Crippen LogP contribution in [0.4, 0.5) is 0 Å². The summed E-state index contributed by atoms with van der Waals surface area (Å²) in [5.74, 6) is 1.68. The number of hydrogen-bond donors (Lipinski definition) is 0. The van der Waals surface area contributed by atoms with Crippen molar-refractivity contribution < 1.29 is 18.9 Å². The van der Waals surface area contributed by atoms with E-state index in [1.54, 1.807) is 14.2 Å². The van der Waals surface area contributed by atoms with Gasteiger partial charge in [0.2, 0.25) is 0 Å². The molecule has 4 aromatic rings. The monoisotopic (exact) mass is 494 g/mol. The Morgan fingerprint density at radius 2 is 0.919 bits per heavy atom. The van der Waals surface area contributed by atoms with E-state index in [0.29, 0.717) is 26.4 Å². The number of ether oxygens (including phenoxy) is 4. The molecule has 0 heterocycles. The van der Waals surface area contributed by atoms with Crippen molar-refractivity contribution in [2.75, 3.05) is 40.6 Å². The molecule has 37 heavy (non-hydrogen) atoms. The van der Waals surface area contributed by atoms with Gasteiger partial charge in [-0.05, 0) is 71.5 Å². The van der Waals surface area contributed by atoms with Crippen molar-refractivity contribution in [3.05, 3.63) is 118 Å². The molecule has 1 aliphatic carbocycles. The Kier molecular flexibility index (Phi) is 7.31. The summed E-state index contributed by atoms with van der Waals surface area (Å²) >= 11 is 0. The molecule has 5 rings (SSSR count). The number of fused-ring (bicyclic) bond motifs is 3. The summed E-state index contributed by atoms with van der Waals surface area (Å²) in [6.45, 7) is 6.50. The van der Waals surface area contributed by atoms with Crippen LogP contribution in [0, 0.1) is 13.8 Å². The molecule has 190 valence electrons. The highest BCUT2D eigenvalue weighted by Crippen LogP contribution is 2.56. The van der Waals surface area contributed by atoms with E-state index < -0.39 is 5.41 Å². The van der Waals surface area contributed by atoms with Gasteiger partial charge in [0.05, 0.1) is 18.6 Å². The molecule has 0 saturated heterocycles. The van der Waals surface area contributed by atoms with E-state index in [-0.39, 0.29) is 0 Å². The van der Waals surface area contributed by atoms with Gasteiger partial charge in [-0.2, -0.15) is 0 Å². The fraction of sp³-hybridized carbons (Fsp3) is 0.273. The second kappa shape index (κ2) is 10.8. The summed E-state index contributed by atoms with van der Waals surface area (Å²) in [5, 5.41) is 0. The van der Waals surface area contributed by atoms with Crippen LogP contribution < -0.4 is 9.47 Å². The van der Waals surface area contributed by atoms with Gasteiger partial charge in [0.15, 0.2) is 0 Å². The fourth-order valence-corrected chi connectivity index (χ4v) is 5.43. The Morgan fingerprint density at radius 1 is 0.514 bits per heavy atom. The summed E-state index contributed by atoms with van der Waals surface area (Å²) < 4.78 is 22.1. The molecule has 0 N–H and O–H groups in total. The smallest absolute Gasteiger partial charge is 0.119 e. The van der Waals surface area contributed by atoms with Gasteiger partial charge in [-0.3, -0.25) is 0 Å². The van der Waals surface area contributed by atoms with Gasteiger partial charge in [0, 0.05) is 14.2 Å². The largest absolute Gasteiger partial charge is 0.491 e. The van der Waals surface area contributed by atoms with Crippen LogP contribution >= 0.6 is 0 Å². The summed E-state index contributed by atoms with van der Waals surface area (Å²) in [6.07, 6.45) is 0. The Bertz CT molecular complexity index is 1250. The van der Waals surface area contributed by atoms with Crippen LogP contribution in [0.3, 0.4) is 0 Å². The van der Waals surface area contributed by atoms with Crippen LogP contribution in [0.1, 0.15) is 33.4 Å². The van der Waals surface area contributed by atoms with Crippen molar-refractivity contribution in [1.82, 2.24) is 0 Å². The third-order valence-corrected chi connectivity index (χ3v) is 7.14. The first-order chi connectivity index (χ1) is 18.1. The van der Waals surface area contributed by atoms with E-state index in [1.165, 1.54) is 44.5 Å². The predicted molar refractivity (Wildman–Crippen MR) is 148 cm³/mol. The number of benzene rings is 4. The number of rotatable bonds is 10. The van der Waals surface area contributed by atoms with Crippen LogP contribution in [0.2, 0.25) is 0 Å². The lowest BCUT2D eigenvalue weighted by molar-refractivity contribution is 0.146. The maximum atomic E-state index is 5.89. The molecule has 0 amide bonds. The molecule has 4 aromatic carbocycles. The second-order valence-electron chi connectivity index (χ2n) is 9.58. The van der Waals surface area contributed by atoms with E-state index >= 15 is 0 Å². The average molecular weight is 495 g/mol. The lowest BCUT2D eigenvalue weighted by Gasteiger charge is -2.34. The number of methoxy groups -OCH3 is 2. The van der Waals surface area contributed by atoms with Gasteiger partial charge in [0.25, 0.3) is 0 Å². The van der Waals surface area contributed by atoms with Crippen molar-refractivity contribution in [2.24, 2.45) is 0 Å². The topological polar surface area (TPSA) is 36.9 Å². The summed E-state index contributed by atoms with van der Waals surface area (Å²) in [4.78, 5) is 0. The molecule has 0 bridgehead atoms. The summed E-state index contributed by atoms with van der Waals surface area (Å²) in [5.41, 5.74) is 9.59. The molecule has 0 unspecified atom stereocenters. The van der Waals surface area contributed by atoms with Crippen molar-refractivity contribution in [2.45, 2.75) is 19.3 Å². The van der Waals surface area contributed by atoms with E-state index in [0.717, 1.165) is 11.5 Å². The van der Waals surface area contributed by atoms with Gasteiger partial charge in [-0.25, -0.2) is 0 Å². The van der Waals surface area contributed by atoms with Gasteiger partial charge in [-0.1, -0.05) is 71.8 Å². The Hall–Kier alpha value is -3.60. The van der Waals surface area contributed by atoms with Crippen molar-refractivity contribution in [3.8, 4) is 22.6 Å². The van der Waals surface area contributed by atoms with E-state index in [9.17, 15) is 0 Å². The van der Waals surface area contributed by atoms with E-state index in [1.807, 2.05) is 0 Å². The van der Waals surface area contributed by atoms with Crippen molar-refractivity contribution >= 4 is 0 Å². The molecular weight excluding hydrogens is 460 g/mol. The SMILES string of the molecule is COCCOc1ccc(C2(c3ccc(OCCOC)cc3)c3cc(C)ccc3-c3ccc(C)cc32)cc1. The first-order valence-electron chi connectivity index (χ1n) is 12.7. The fourth-order valence-electron chi connectivity index (χ4n) is 5.43. The molecule has 0 aliphatic heterocycles. The molecule has 0 aromatic heterocycles. The van der Waals surface area contributed by atoms with Crippen LogP contribution in [0.15, 0.2) is 84.9 Å². The highest BCUT2D eigenvalue weighted by molar-refractivity contribution is 5.86. The highest BCUT2D eigenvalue weighted by Gasteiger charge is 2.46. The molecule has 0 atom stereocenters. The molecular formula is C33H34O4. The van der Waals surface area contributed by atoms with E-state index in [4.69, 9.17) is 18.9 Å². The molecule has 4 nitrogen and oxygen atoms in total. The first-order valence-corrected chi connectivity index (χ1v) is 12.7. The second-order valence-corrected chi connectivity index (χ2v) is 9.58. The van der Waals surface area contributed by atoms with Crippen molar-refractivity contribution in [1.29, 1.82) is 0 Å². The third-order valence-electron chi connectivity index (χ3n) is 7.14. The minimum Gasteiger partial charge on any atom is -0.491 e. The first kappa shape index (κ1) is 25.1. The summed E-state index contributed by atoms with van der Waals surface area (Å²) in [6, 6.07) is 30.7. The minimum atomic E-state index is -0.459. The van der Waals surface area contributed by atoms with Gasteiger partial charge >= 0.3 is 0 Å². The maximum absolute atomic E-state index is 5.89. The quantitative estimate of drug-likeness (QED) is 0.202. The third kappa shape index (κ3) is 4.63. The van der Waals surface area contributed by atoms with Crippen LogP contribution in [-0.2, 0) is 14.9 Å². The lowest BCUT2D eigenvalue weighted by atomic mass is 9.67. The van der Waals surface area contributed by atoms with Crippen LogP contribution in [0.25, 0.3) is 11.1 Å². The molecule has 0 radical (unpaired) electrons. The zero-order chi connectivity index (χ0) is 25.8. The van der Waals surface area contributed by atoms with Gasteiger partial charge in [0.1, 0.15) is 24.7 Å². The zero-order valence-corrected chi connectivity index (χ0v) is 22.0. The molecule has 0 saturated carbocycles. The minimum absolute atomic E-state index is 0.459. The molecule has 0 spiro atoms. The Morgan fingerprint density at radius 3 is 1.30 bits per heavy atom. The van der Waals surface area contributed by atoms with Gasteiger partial charge < -0.3 is 18.9 Å². The molecule has 0 fully saturated rings. The molecule has 1 aliphatic rings. The van der Waals surface area contributed by atoms with Crippen molar-refractivity contribution in [3.63, 3.8) is 0 Å². The molecule has 4 heteroatoms. The van der Waals surface area contributed by atoms with Gasteiger partial charge in [-0.15, -0.1) is 0 Å². The number of aryl methyl sites for hydroxylation is 2. The lowest BCUT2D eigenvalue weighted by Crippen LogP contribution is -2.28. The summed E-state index contributed by atoms with van der Waals surface area (Å²) in [7, 11) is 3.37. The zero-order valence-electron chi connectivity index (χ0n) is 22.0. The average Bonchev–Trinajstić information content (AvgIpc) is 3.19. The van der Waals surface area contributed by atoms with Crippen LogP contribution in [0.5, 0.6) is 11.5 Å². The van der Waals surface area contributed by atoms with E-state index in [2.05, 4.69) is 98.8 Å².